The van der Waals surface area contributed by atoms with Crippen LogP contribution in [0.5, 0.6) is 0 Å². The van der Waals surface area contributed by atoms with E-state index in [2.05, 4.69) is 15.9 Å². The average Bonchev–Trinajstić information content (AvgIpc) is 2.99. The van der Waals surface area contributed by atoms with E-state index < -0.39 is 0 Å². The van der Waals surface area contributed by atoms with Crippen LogP contribution in [0.15, 0.2) is 18.2 Å². The van der Waals surface area contributed by atoms with Crippen molar-refractivity contribution in [3.63, 3.8) is 0 Å². The van der Waals surface area contributed by atoms with Gasteiger partial charge in [-0.25, -0.2) is 10.9 Å². The zero-order chi connectivity index (χ0) is 10.3. The Labute approximate surface area is 91.8 Å². The van der Waals surface area contributed by atoms with E-state index in [1.165, 1.54) is 22.5 Å². The largest absolute Gasteiger partial charge is 0.300 e. The molecule has 0 saturated heterocycles. The first kappa shape index (κ1) is 9.27. The van der Waals surface area contributed by atoms with E-state index in [1.54, 1.807) is 11.3 Å². The summed E-state index contributed by atoms with van der Waals surface area (Å²) in [5, 5.41) is 1.29. The van der Waals surface area contributed by atoms with Crippen LogP contribution in [0.1, 0.15) is 29.3 Å². The van der Waals surface area contributed by atoms with E-state index in [1.807, 2.05) is 12.1 Å². The molecule has 1 aliphatic rings. The van der Waals surface area contributed by atoms with Gasteiger partial charge in [-0.2, -0.15) is 0 Å². The highest BCUT2D eigenvalue weighted by molar-refractivity contribution is 7.18. The lowest BCUT2D eigenvalue weighted by Crippen LogP contribution is -1.98. The zero-order valence-corrected chi connectivity index (χ0v) is 9.09. The molecule has 0 spiro atoms. The Hall–Kier alpha value is -0.970. The predicted molar refractivity (Wildman–Crippen MR) is 60.6 cm³/mol. The Morgan fingerprint density at radius 2 is 2.33 bits per heavy atom. The third-order valence-corrected chi connectivity index (χ3v) is 3.83. The summed E-state index contributed by atoms with van der Waals surface area (Å²) in [5.74, 6) is 5.79. The molecule has 0 atom stereocenters. The van der Waals surface area contributed by atoms with Gasteiger partial charge in [0.05, 0.1) is 21.8 Å². The van der Waals surface area contributed by atoms with Gasteiger partial charge in [0.15, 0.2) is 0 Å². The molecule has 1 aromatic heterocycles. The number of benzene rings is 1. The van der Waals surface area contributed by atoms with Crippen molar-refractivity contribution >= 4 is 21.6 Å². The van der Waals surface area contributed by atoms with Crippen LogP contribution >= 0.6 is 11.3 Å². The summed E-state index contributed by atoms with van der Waals surface area (Å²) in [5.41, 5.74) is 2.21. The van der Waals surface area contributed by atoms with Gasteiger partial charge in [0.1, 0.15) is 0 Å². The Kier molecular flexibility index (Phi) is 2.20. The maximum absolute atomic E-state index is 5.06. The number of nitrogens with zero attached hydrogens (tertiary/aromatic N) is 1. The highest BCUT2D eigenvalue weighted by Crippen LogP contribution is 2.43. The molecule has 0 aliphatic heterocycles. The normalized spacial score (nSPS) is 16.1. The molecule has 0 radical (unpaired) electrons. The number of hydrogen-bond donors (Lipinski definition) is 1. The van der Waals surface area contributed by atoms with Gasteiger partial charge in [-0.1, -0.05) is 6.07 Å². The lowest BCUT2D eigenvalue weighted by atomic mass is 10.2. The molecular formula is C11H12N2OS. The quantitative estimate of drug-likeness (QED) is 0.809. The number of fused-ring (bicyclic) bond motifs is 1. The molecule has 1 aromatic carbocycles. The van der Waals surface area contributed by atoms with Gasteiger partial charge in [-0.3, -0.25) is 4.84 Å². The molecule has 1 aliphatic carbocycles. The summed E-state index contributed by atoms with van der Waals surface area (Å²) >= 11 is 1.80. The van der Waals surface area contributed by atoms with E-state index >= 15 is 0 Å². The molecule has 3 nitrogen and oxygen atoms in total. The standard InChI is InChI=1S/C11H12N2OS/c12-14-6-7-1-4-9-10(5-7)15-11(13-9)8-2-3-8/h1,4-5,8H,2-3,6,12H2. The molecule has 2 N–H and O–H groups in total. The van der Waals surface area contributed by atoms with Gasteiger partial charge in [0.2, 0.25) is 0 Å². The molecule has 0 bridgehead atoms. The molecule has 2 aromatic rings. The summed E-state index contributed by atoms with van der Waals surface area (Å²) in [6.07, 6.45) is 2.61. The molecule has 78 valence electrons. The van der Waals surface area contributed by atoms with Crippen LogP contribution in [0.4, 0.5) is 0 Å². The third kappa shape index (κ3) is 1.76. The minimum absolute atomic E-state index is 0.465. The second kappa shape index (κ2) is 3.56. The van der Waals surface area contributed by atoms with E-state index in [9.17, 15) is 0 Å². The Bertz CT molecular complexity index is 490. The highest BCUT2D eigenvalue weighted by Gasteiger charge is 2.26. The SMILES string of the molecule is NOCc1ccc2nc(C3CC3)sc2c1. The van der Waals surface area contributed by atoms with Crippen molar-refractivity contribution < 1.29 is 4.84 Å². The molecule has 0 amide bonds. The molecule has 1 heterocycles. The maximum atomic E-state index is 5.06. The molecule has 0 unspecified atom stereocenters. The first-order valence-corrected chi connectivity index (χ1v) is 5.89. The number of aromatic nitrogens is 1. The second-order valence-electron chi connectivity index (χ2n) is 3.94. The monoisotopic (exact) mass is 220 g/mol. The second-order valence-corrected chi connectivity index (χ2v) is 5.00. The minimum atomic E-state index is 0.465. The number of thiazole rings is 1. The first-order valence-electron chi connectivity index (χ1n) is 5.08. The Morgan fingerprint density at radius 1 is 1.47 bits per heavy atom. The van der Waals surface area contributed by atoms with Crippen LogP contribution < -0.4 is 5.90 Å². The van der Waals surface area contributed by atoms with E-state index in [-0.39, 0.29) is 0 Å². The molecule has 1 saturated carbocycles. The van der Waals surface area contributed by atoms with Crippen molar-refractivity contribution in [1.29, 1.82) is 0 Å². The van der Waals surface area contributed by atoms with Gasteiger partial charge in [0, 0.05) is 5.92 Å². The lowest BCUT2D eigenvalue weighted by Gasteiger charge is -1.96. The van der Waals surface area contributed by atoms with Gasteiger partial charge in [-0.05, 0) is 30.5 Å². The van der Waals surface area contributed by atoms with Crippen LogP contribution in [0.25, 0.3) is 10.2 Å². The van der Waals surface area contributed by atoms with E-state index in [4.69, 9.17) is 5.90 Å². The van der Waals surface area contributed by atoms with Crippen LogP contribution in [-0.4, -0.2) is 4.98 Å². The van der Waals surface area contributed by atoms with Crippen molar-refractivity contribution in [3.8, 4) is 0 Å². The van der Waals surface area contributed by atoms with Crippen molar-refractivity contribution in [1.82, 2.24) is 4.98 Å². The van der Waals surface area contributed by atoms with Crippen LogP contribution in [0, 0.1) is 0 Å². The van der Waals surface area contributed by atoms with Gasteiger partial charge in [-0.15, -0.1) is 11.3 Å². The molecule has 4 heteroatoms. The molecule has 1 fully saturated rings. The Balaban J connectivity index is 2.02. The van der Waals surface area contributed by atoms with Crippen molar-refractivity contribution in [2.24, 2.45) is 5.90 Å². The van der Waals surface area contributed by atoms with Crippen molar-refractivity contribution in [2.75, 3.05) is 0 Å². The predicted octanol–water partition coefficient (Wildman–Crippen LogP) is 2.56. The summed E-state index contributed by atoms with van der Waals surface area (Å²) in [4.78, 5) is 9.25. The molecular weight excluding hydrogens is 208 g/mol. The Morgan fingerprint density at radius 3 is 3.07 bits per heavy atom. The van der Waals surface area contributed by atoms with Gasteiger partial charge >= 0.3 is 0 Å². The fraction of sp³-hybridized carbons (Fsp3) is 0.364. The summed E-state index contributed by atoms with van der Waals surface area (Å²) in [7, 11) is 0. The number of nitrogens with two attached hydrogens (primary N) is 1. The van der Waals surface area contributed by atoms with Gasteiger partial charge < -0.3 is 0 Å². The minimum Gasteiger partial charge on any atom is -0.300 e. The van der Waals surface area contributed by atoms with Crippen LogP contribution in [-0.2, 0) is 11.4 Å². The number of rotatable bonds is 3. The van der Waals surface area contributed by atoms with Crippen LogP contribution in [0.2, 0.25) is 0 Å². The van der Waals surface area contributed by atoms with Crippen molar-refractivity contribution in [3.05, 3.63) is 28.8 Å². The smallest absolute Gasteiger partial charge is 0.0969 e. The zero-order valence-electron chi connectivity index (χ0n) is 8.27. The molecule has 3 rings (SSSR count). The fourth-order valence-electron chi connectivity index (χ4n) is 1.68. The third-order valence-electron chi connectivity index (χ3n) is 2.65. The summed E-state index contributed by atoms with van der Waals surface area (Å²) < 4.78 is 1.24. The first-order chi connectivity index (χ1) is 7.36. The molecule has 15 heavy (non-hydrogen) atoms. The summed E-state index contributed by atoms with van der Waals surface area (Å²) in [6.45, 7) is 0.465. The fourth-order valence-corrected chi connectivity index (χ4v) is 2.88. The van der Waals surface area contributed by atoms with E-state index in [0.717, 1.165) is 17.0 Å². The van der Waals surface area contributed by atoms with E-state index in [0.29, 0.717) is 6.61 Å². The van der Waals surface area contributed by atoms with Gasteiger partial charge in [0.25, 0.3) is 0 Å². The average molecular weight is 220 g/mol. The highest BCUT2D eigenvalue weighted by atomic mass is 32.1. The topological polar surface area (TPSA) is 48.1 Å². The van der Waals surface area contributed by atoms with Crippen molar-refractivity contribution in [2.45, 2.75) is 25.4 Å². The van der Waals surface area contributed by atoms with Crippen LogP contribution in [0.3, 0.4) is 0 Å². The maximum Gasteiger partial charge on any atom is 0.0969 e. The summed E-state index contributed by atoms with van der Waals surface area (Å²) in [6, 6.07) is 6.18. The number of hydrogen-bond acceptors (Lipinski definition) is 4. The lowest BCUT2D eigenvalue weighted by molar-refractivity contribution is 0.124.